The Bertz CT molecular complexity index is 473. The van der Waals surface area contributed by atoms with Crippen molar-refractivity contribution in [2.24, 2.45) is 0 Å². The van der Waals surface area contributed by atoms with Gasteiger partial charge in [-0.05, 0) is 21.8 Å². The molecule has 2 heteroatoms. The maximum Gasteiger partial charge on any atom is 0.363 e. The van der Waals surface area contributed by atoms with Crippen LogP contribution in [0.4, 0.5) is 0 Å². The number of hydrogen-bond acceptors (Lipinski definition) is 1. The van der Waals surface area contributed by atoms with Gasteiger partial charge < -0.3 is 0 Å². The van der Waals surface area contributed by atoms with Gasteiger partial charge in [-0.3, -0.25) is 0 Å². The third kappa shape index (κ3) is 3.70. The first kappa shape index (κ1) is 17.4. The lowest BCUT2D eigenvalue weighted by molar-refractivity contribution is 0.551. The molecule has 1 rings (SSSR count). The van der Waals surface area contributed by atoms with Crippen LogP contribution in [0.5, 0.6) is 0 Å². The maximum atomic E-state index is 11.9. The molecule has 0 saturated carbocycles. The Hall–Kier alpha value is -0.680. The van der Waals surface area contributed by atoms with Gasteiger partial charge in [0.25, 0.3) is 0 Å². The summed E-state index contributed by atoms with van der Waals surface area (Å²) < 4.78 is 11.9. The molecule has 1 nitrogen and oxygen atoms in total. The molecule has 0 amide bonds. The van der Waals surface area contributed by atoms with Crippen molar-refractivity contribution in [1.82, 2.24) is 0 Å². The van der Waals surface area contributed by atoms with Crippen LogP contribution in [0.3, 0.4) is 0 Å². The SMILES string of the molecule is CC(C)(C)c1cc(C(C)(C)C)c([PH+]=O)c(C(C)(C)C)c1. The summed E-state index contributed by atoms with van der Waals surface area (Å²) in [5.74, 6) is 0. The van der Waals surface area contributed by atoms with Crippen molar-refractivity contribution in [1.29, 1.82) is 0 Å². The second-order valence-corrected chi connectivity index (χ2v) is 9.50. The van der Waals surface area contributed by atoms with E-state index in [0.717, 1.165) is 5.30 Å². The largest absolute Gasteiger partial charge is 0.363 e. The van der Waals surface area contributed by atoms with Crippen LogP contribution < -0.4 is 5.30 Å². The fourth-order valence-electron chi connectivity index (χ4n) is 2.37. The smallest absolute Gasteiger partial charge is 0.0707 e. The normalized spacial score (nSPS) is 13.8. The van der Waals surface area contributed by atoms with E-state index in [1.54, 1.807) is 0 Å². The average Bonchev–Trinajstić information content (AvgIpc) is 2.23. The van der Waals surface area contributed by atoms with Crippen molar-refractivity contribution in [3.8, 4) is 0 Å². The quantitative estimate of drug-likeness (QED) is 0.648. The van der Waals surface area contributed by atoms with E-state index in [4.69, 9.17) is 0 Å². The molecule has 0 spiro atoms. The molecule has 0 aliphatic carbocycles. The molecule has 0 fully saturated rings. The summed E-state index contributed by atoms with van der Waals surface area (Å²) in [5.41, 5.74) is 3.90. The van der Waals surface area contributed by atoms with Crippen molar-refractivity contribution in [3.63, 3.8) is 0 Å². The third-order valence-electron chi connectivity index (χ3n) is 3.72. The lowest BCUT2D eigenvalue weighted by Crippen LogP contribution is -2.29. The van der Waals surface area contributed by atoms with Crippen LogP contribution in [0.1, 0.15) is 79.0 Å². The van der Waals surface area contributed by atoms with Crippen LogP contribution in [-0.4, -0.2) is 0 Å². The zero-order chi connectivity index (χ0) is 15.9. The van der Waals surface area contributed by atoms with E-state index >= 15 is 0 Å². The van der Waals surface area contributed by atoms with E-state index in [2.05, 4.69) is 74.4 Å². The summed E-state index contributed by atoms with van der Waals surface area (Å²) in [6, 6.07) is 4.52. The van der Waals surface area contributed by atoms with Gasteiger partial charge in [-0.2, -0.15) is 0 Å². The highest BCUT2D eigenvalue weighted by Gasteiger charge is 2.32. The predicted molar refractivity (Wildman–Crippen MR) is 91.2 cm³/mol. The summed E-state index contributed by atoms with van der Waals surface area (Å²) in [7, 11) is -0.395. The highest BCUT2D eigenvalue weighted by molar-refractivity contribution is 7.34. The Morgan fingerprint density at radius 1 is 0.700 bits per heavy atom. The van der Waals surface area contributed by atoms with Gasteiger partial charge in [-0.1, -0.05) is 79.0 Å². The molecular formula is C18H30OP+. The maximum absolute atomic E-state index is 11.9. The number of hydrogen-bond donors (Lipinski definition) is 0. The molecule has 0 aliphatic heterocycles. The van der Waals surface area contributed by atoms with Gasteiger partial charge in [0.2, 0.25) is 0 Å². The first-order valence-corrected chi connectivity index (χ1v) is 8.27. The van der Waals surface area contributed by atoms with Gasteiger partial charge in [0.15, 0.2) is 5.30 Å². The van der Waals surface area contributed by atoms with Gasteiger partial charge in [0.1, 0.15) is 0 Å². The van der Waals surface area contributed by atoms with Crippen LogP contribution in [-0.2, 0) is 20.8 Å². The zero-order valence-corrected chi connectivity index (χ0v) is 15.6. The summed E-state index contributed by atoms with van der Waals surface area (Å²) in [4.78, 5) is 0. The van der Waals surface area contributed by atoms with Crippen LogP contribution in [0, 0.1) is 0 Å². The minimum Gasteiger partial charge on any atom is -0.0707 e. The minimum absolute atomic E-state index is 0.00794. The molecule has 0 saturated heterocycles. The van der Waals surface area contributed by atoms with E-state index < -0.39 is 8.46 Å². The Kier molecular flexibility index (Phi) is 4.57. The Balaban J connectivity index is 3.80. The average molecular weight is 293 g/mol. The van der Waals surface area contributed by atoms with Crippen molar-refractivity contribution < 1.29 is 4.57 Å². The lowest BCUT2D eigenvalue weighted by atomic mass is 9.75. The van der Waals surface area contributed by atoms with Gasteiger partial charge in [0, 0.05) is 11.1 Å². The molecule has 112 valence electrons. The lowest BCUT2D eigenvalue weighted by Gasteiger charge is -2.29. The Labute approximate surface area is 126 Å². The van der Waals surface area contributed by atoms with Gasteiger partial charge in [0.05, 0.1) is 0 Å². The molecule has 0 aliphatic rings. The van der Waals surface area contributed by atoms with E-state index in [0.29, 0.717) is 0 Å². The van der Waals surface area contributed by atoms with Crippen LogP contribution >= 0.6 is 8.46 Å². The minimum atomic E-state index is -0.395. The van der Waals surface area contributed by atoms with Gasteiger partial charge in [-0.15, -0.1) is 0 Å². The van der Waals surface area contributed by atoms with E-state index in [1.807, 2.05) is 0 Å². The second-order valence-electron chi connectivity index (χ2n) is 8.80. The van der Waals surface area contributed by atoms with Crippen LogP contribution in [0.15, 0.2) is 12.1 Å². The summed E-state index contributed by atoms with van der Waals surface area (Å²) in [6.45, 7) is 19.9. The van der Waals surface area contributed by atoms with E-state index in [-0.39, 0.29) is 16.2 Å². The molecule has 1 unspecified atom stereocenters. The Morgan fingerprint density at radius 2 is 1.05 bits per heavy atom. The van der Waals surface area contributed by atoms with Crippen molar-refractivity contribution >= 4 is 13.8 Å². The molecule has 1 aromatic carbocycles. The predicted octanol–water partition coefficient (Wildman–Crippen LogP) is 5.23. The summed E-state index contributed by atoms with van der Waals surface area (Å²) >= 11 is 0. The third-order valence-corrected chi connectivity index (χ3v) is 4.47. The van der Waals surface area contributed by atoms with Gasteiger partial charge in [-0.25, -0.2) is 0 Å². The van der Waals surface area contributed by atoms with Crippen LogP contribution in [0.2, 0.25) is 0 Å². The highest BCUT2D eigenvalue weighted by atomic mass is 31.1. The molecule has 0 heterocycles. The summed E-state index contributed by atoms with van der Waals surface area (Å²) in [6.07, 6.45) is 0. The van der Waals surface area contributed by atoms with Gasteiger partial charge >= 0.3 is 8.46 Å². The van der Waals surface area contributed by atoms with E-state index in [9.17, 15) is 4.57 Å². The zero-order valence-electron chi connectivity index (χ0n) is 14.6. The van der Waals surface area contributed by atoms with Crippen molar-refractivity contribution in [2.75, 3.05) is 0 Å². The highest BCUT2D eigenvalue weighted by Crippen LogP contribution is 2.34. The first-order chi connectivity index (χ1) is 8.78. The van der Waals surface area contributed by atoms with Crippen molar-refractivity contribution in [2.45, 2.75) is 78.6 Å². The molecule has 0 N–H and O–H groups in total. The number of rotatable bonds is 1. The fraction of sp³-hybridized carbons (Fsp3) is 0.667. The van der Waals surface area contributed by atoms with Crippen molar-refractivity contribution in [3.05, 3.63) is 28.8 Å². The molecule has 0 radical (unpaired) electrons. The monoisotopic (exact) mass is 293 g/mol. The topological polar surface area (TPSA) is 17.1 Å². The standard InChI is InChI=1S/C18H29OP/c1-16(2,3)12-10-13(17(4,5)6)15(20-19)14(11-12)18(7,8)9/h10-11H,1-9H3/p+1. The molecule has 0 aromatic heterocycles. The molecule has 1 aromatic rings. The fourth-order valence-corrected chi connectivity index (χ4v) is 3.48. The molecular weight excluding hydrogens is 263 g/mol. The van der Waals surface area contributed by atoms with E-state index in [1.165, 1.54) is 16.7 Å². The second kappa shape index (κ2) is 5.26. The Morgan fingerprint density at radius 3 is 1.25 bits per heavy atom. The molecule has 20 heavy (non-hydrogen) atoms. The first-order valence-electron chi connectivity index (χ1n) is 7.36. The number of benzene rings is 1. The molecule has 0 bridgehead atoms. The summed E-state index contributed by atoms with van der Waals surface area (Å²) in [5, 5.41) is 1.03. The van der Waals surface area contributed by atoms with Crippen LogP contribution in [0.25, 0.3) is 0 Å². The molecule has 1 atom stereocenters.